The van der Waals surface area contributed by atoms with Crippen LogP contribution in [0.3, 0.4) is 0 Å². The van der Waals surface area contributed by atoms with E-state index in [1.807, 2.05) is 23.6 Å². The fraction of sp³-hybridized carbons (Fsp3) is 0. The normalized spacial score (nSPS) is 11.7. The highest BCUT2D eigenvalue weighted by Crippen LogP contribution is 2.41. The van der Waals surface area contributed by atoms with Gasteiger partial charge in [-0.1, -0.05) is 78.9 Å². The summed E-state index contributed by atoms with van der Waals surface area (Å²) in [7, 11) is 0. The number of anilines is 3. The highest BCUT2D eigenvalue weighted by molar-refractivity contribution is 7.25. The predicted molar refractivity (Wildman–Crippen MR) is 209 cm³/mol. The SMILES string of the molecule is c1ccc(N(c2ccc(-c3ccc4sc5cc6cccnc6cc5c4c3)cc2)c2ccc3c(c2)c2ccccc2n3-c2ccccc2)cc1. The third-order valence-electron chi connectivity index (χ3n) is 9.60. The molecule has 0 atom stereocenters. The van der Waals surface area contributed by atoms with Gasteiger partial charge in [-0.05, 0) is 102 Å². The van der Waals surface area contributed by atoms with Crippen LogP contribution in [-0.4, -0.2) is 9.55 Å². The van der Waals surface area contributed by atoms with Crippen molar-refractivity contribution in [3.8, 4) is 16.8 Å². The van der Waals surface area contributed by atoms with Crippen LogP contribution in [-0.2, 0) is 0 Å². The van der Waals surface area contributed by atoms with Crippen LogP contribution >= 0.6 is 11.3 Å². The second kappa shape index (κ2) is 11.2. The van der Waals surface area contributed by atoms with E-state index in [2.05, 4.69) is 178 Å². The molecule has 0 aliphatic carbocycles. The Morgan fingerprint density at radius 1 is 0.449 bits per heavy atom. The van der Waals surface area contributed by atoms with Crippen molar-refractivity contribution in [1.82, 2.24) is 9.55 Å². The lowest BCUT2D eigenvalue weighted by Gasteiger charge is -2.26. The molecule has 230 valence electrons. The zero-order chi connectivity index (χ0) is 32.3. The molecule has 0 bridgehead atoms. The second-order valence-electron chi connectivity index (χ2n) is 12.5. The summed E-state index contributed by atoms with van der Waals surface area (Å²) in [6.07, 6.45) is 1.87. The minimum absolute atomic E-state index is 1.04. The van der Waals surface area contributed by atoms with Crippen molar-refractivity contribution in [1.29, 1.82) is 0 Å². The van der Waals surface area contributed by atoms with Gasteiger partial charge in [0.1, 0.15) is 0 Å². The Bertz CT molecular complexity index is 2820. The Balaban J connectivity index is 1.08. The van der Waals surface area contributed by atoms with Gasteiger partial charge in [0.25, 0.3) is 0 Å². The lowest BCUT2D eigenvalue weighted by molar-refractivity contribution is 1.18. The number of hydrogen-bond acceptors (Lipinski definition) is 3. The molecule has 0 radical (unpaired) electrons. The maximum atomic E-state index is 4.62. The van der Waals surface area contributed by atoms with Gasteiger partial charge in [-0.15, -0.1) is 11.3 Å². The molecule has 0 saturated carbocycles. The molecule has 3 heterocycles. The minimum Gasteiger partial charge on any atom is -0.310 e. The van der Waals surface area contributed by atoms with Gasteiger partial charge in [-0.3, -0.25) is 4.98 Å². The van der Waals surface area contributed by atoms with Gasteiger partial charge >= 0.3 is 0 Å². The van der Waals surface area contributed by atoms with Crippen LogP contribution in [0.1, 0.15) is 0 Å². The van der Waals surface area contributed by atoms with Gasteiger partial charge in [0.2, 0.25) is 0 Å². The van der Waals surface area contributed by atoms with E-state index in [-0.39, 0.29) is 0 Å². The molecule has 0 spiro atoms. The zero-order valence-electron chi connectivity index (χ0n) is 26.5. The van der Waals surface area contributed by atoms with E-state index in [0.717, 1.165) is 28.3 Å². The zero-order valence-corrected chi connectivity index (χ0v) is 27.3. The molecular formula is C45H29N3S. The summed E-state index contributed by atoms with van der Waals surface area (Å²) in [6.45, 7) is 0. The highest BCUT2D eigenvalue weighted by atomic mass is 32.1. The van der Waals surface area contributed by atoms with Crippen molar-refractivity contribution in [3.63, 3.8) is 0 Å². The van der Waals surface area contributed by atoms with Gasteiger partial charge in [0, 0.05) is 65.3 Å². The molecule has 0 N–H and O–H groups in total. The van der Waals surface area contributed by atoms with Crippen LogP contribution in [0, 0.1) is 0 Å². The van der Waals surface area contributed by atoms with Gasteiger partial charge in [-0.25, -0.2) is 0 Å². The van der Waals surface area contributed by atoms with Crippen LogP contribution in [0.25, 0.3) is 69.7 Å². The molecule has 10 aromatic rings. The van der Waals surface area contributed by atoms with E-state index < -0.39 is 0 Å². The Morgan fingerprint density at radius 3 is 2.00 bits per heavy atom. The number of aromatic nitrogens is 2. The summed E-state index contributed by atoms with van der Waals surface area (Å²) < 4.78 is 4.96. The molecule has 0 fully saturated rings. The summed E-state index contributed by atoms with van der Waals surface area (Å²) in [5.74, 6) is 0. The first-order valence-electron chi connectivity index (χ1n) is 16.5. The molecule has 3 nitrogen and oxygen atoms in total. The van der Waals surface area contributed by atoms with E-state index in [9.17, 15) is 0 Å². The average Bonchev–Trinajstić information content (AvgIpc) is 3.69. The molecule has 0 aliphatic heterocycles. The molecule has 0 unspecified atom stereocenters. The number of thiophene rings is 1. The first-order valence-corrected chi connectivity index (χ1v) is 17.4. The summed E-state index contributed by atoms with van der Waals surface area (Å²) in [5.41, 5.74) is 10.3. The standard InChI is InChI=1S/C45H29N3S/c1-3-11-33(12-4-1)47(36-22-23-43-38(28-36)37-15-7-8-16-42(37)48(43)34-13-5-2-6-14-34)35-20-17-30(18-21-35)31-19-24-44-39(26-31)40-29-41-32(10-9-25-46-41)27-45(40)49-44/h1-29H. The first-order chi connectivity index (χ1) is 24.3. The van der Waals surface area contributed by atoms with E-state index in [4.69, 9.17) is 0 Å². The minimum atomic E-state index is 1.04. The average molecular weight is 644 g/mol. The first kappa shape index (κ1) is 27.8. The summed E-state index contributed by atoms with van der Waals surface area (Å²) in [4.78, 5) is 6.97. The van der Waals surface area contributed by atoms with Crippen molar-refractivity contribution in [2.75, 3.05) is 4.90 Å². The third kappa shape index (κ3) is 4.61. The van der Waals surface area contributed by atoms with Crippen molar-refractivity contribution in [2.45, 2.75) is 0 Å². The lowest BCUT2D eigenvalue weighted by Crippen LogP contribution is -2.09. The van der Waals surface area contributed by atoms with Crippen molar-refractivity contribution < 1.29 is 0 Å². The Labute approximate surface area is 287 Å². The number of pyridine rings is 1. The van der Waals surface area contributed by atoms with Gasteiger partial charge in [0.15, 0.2) is 0 Å². The molecule has 0 saturated heterocycles. The molecule has 4 heteroatoms. The van der Waals surface area contributed by atoms with Crippen molar-refractivity contribution in [2.24, 2.45) is 0 Å². The Morgan fingerprint density at radius 2 is 1.14 bits per heavy atom. The quantitative estimate of drug-likeness (QED) is 0.186. The highest BCUT2D eigenvalue weighted by Gasteiger charge is 2.17. The van der Waals surface area contributed by atoms with E-state index in [1.165, 1.54) is 58.5 Å². The number of para-hydroxylation sites is 3. The maximum absolute atomic E-state index is 4.62. The number of benzene rings is 7. The van der Waals surface area contributed by atoms with E-state index >= 15 is 0 Å². The van der Waals surface area contributed by atoms with Crippen LogP contribution < -0.4 is 4.90 Å². The monoisotopic (exact) mass is 643 g/mol. The summed E-state index contributed by atoms with van der Waals surface area (Å²) in [6, 6.07) is 61.3. The summed E-state index contributed by atoms with van der Waals surface area (Å²) in [5, 5.41) is 6.20. The Kier molecular flexibility index (Phi) is 6.36. The van der Waals surface area contributed by atoms with Gasteiger partial charge in [-0.2, -0.15) is 0 Å². The molecule has 0 amide bonds. The topological polar surface area (TPSA) is 21.1 Å². The molecule has 49 heavy (non-hydrogen) atoms. The van der Waals surface area contributed by atoms with E-state index in [1.54, 1.807) is 0 Å². The van der Waals surface area contributed by atoms with Crippen LogP contribution in [0.15, 0.2) is 176 Å². The molecule has 7 aromatic carbocycles. The van der Waals surface area contributed by atoms with Crippen molar-refractivity contribution in [3.05, 3.63) is 176 Å². The maximum Gasteiger partial charge on any atom is 0.0709 e. The lowest BCUT2D eigenvalue weighted by atomic mass is 10.0. The third-order valence-corrected chi connectivity index (χ3v) is 10.7. The second-order valence-corrected chi connectivity index (χ2v) is 13.5. The largest absolute Gasteiger partial charge is 0.310 e. The number of rotatable bonds is 5. The fourth-order valence-corrected chi connectivity index (χ4v) is 8.42. The predicted octanol–water partition coefficient (Wildman–Crippen LogP) is 12.8. The van der Waals surface area contributed by atoms with Crippen LogP contribution in [0.4, 0.5) is 17.1 Å². The number of hydrogen-bond donors (Lipinski definition) is 0. The smallest absolute Gasteiger partial charge is 0.0709 e. The van der Waals surface area contributed by atoms with Gasteiger partial charge in [0.05, 0.1) is 16.6 Å². The van der Waals surface area contributed by atoms with Gasteiger partial charge < -0.3 is 9.47 Å². The number of fused-ring (bicyclic) bond motifs is 7. The Hall–Kier alpha value is -6.23. The molecule has 0 aliphatic rings. The van der Waals surface area contributed by atoms with E-state index in [0.29, 0.717) is 0 Å². The summed E-state index contributed by atoms with van der Waals surface area (Å²) >= 11 is 1.85. The van der Waals surface area contributed by atoms with Crippen LogP contribution in [0.2, 0.25) is 0 Å². The molecular weight excluding hydrogens is 615 g/mol. The molecule has 3 aromatic heterocycles. The molecule has 10 rings (SSSR count). The van der Waals surface area contributed by atoms with Crippen LogP contribution in [0.5, 0.6) is 0 Å². The fourth-order valence-electron chi connectivity index (χ4n) is 7.30. The van der Waals surface area contributed by atoms with Crippen molar-refractivity contribution >= 4 is 81.3 Å². The number of nitrogens with zero attached hydrogens (tertiary/aromatic N) is 3.